The van der Waals surface area contributed by atoms with Crippen LogP contribution in [0.15, 0.2) is 18.2 Å². The van der Waals surface area contributed by atoms with Crippen molar-refractivity contribution in [3.05, 3.63) is 29.3 Å². The van der Waals surface area contributed by atoms with Crippen molar-refractivity contribution in [2.45, 2.75) is 26.1 Å². The van der Waals surface area contributed by atoms with Crippen LogP contribution in [0.3, 0.4) is 0 Å². The highest BCUT2D eigenvalue weighted by molar-refractivity contribution is 6.17. The van der Waals surface area contributed by atoms with Gasteiger partial charge in [-0.3, -0.25) is 0 Å². The third-order valence-corrected chi connectivity index (χ3v) is 2.36. The van der Waals surface area contributed by atoms with Crippen LogP contribution in [-0.2, 0) is 6.42 Å². The smallest absolute Gasteiger partial charge is 0.405 e. The predicted molar refractivity (Wildman–Crippen MR) is 56.9 cm³/mol. The molecule has 0 aliphatic rings. The maximum atomic E-state index is 12.2. The summed E-state index contributed by atoms with van der Waals surface area (Å²) in [5, 5.41) is 0. The van der Waals surface area contributed by atoms with Crippen LogP contribution in [0.5, 0.6) is 5.75 Å². The van der Waals surface area contributed by atoms with Gasteiger partial charge in [0.2, 0.25) is 0 Å². The van der Waals surface area contributed by atoms with Gasteiger partial charge < -0.3 is 4.74 Å². The summed E-state index contributed by atoms with van der Waals surface area (Å²) in [7, 11) is 0. The fourth-order valence-corrected chi connectivity index (χ4v) is 1.56. The van der Waals surface area contributed by atoms with Crippen LogP contribution in [0.1, 0.15) is 17.5 Å². The van der Waals surface area contributed by atoms with E-state index in [1.54, 1.807) is 25.1 Å². The van der Waals surface area contributed by atoms with Crippen molar-refractivity contribution in [1.82, 2.24) is 0 Å². The van der Waals surface area contributed by atoms with Crippen molar-refractivity contribution in [1.29, 1.82) is 0 Å². The highest BCUT2D eigenvalue weighted by Gasteiger charge is 2.32. The molecule has 0 heterocycles. The van der Waals surface area contributed by atoms with Gasteiger partial charge in [0.15, 0.2) is 0 Å². The lowest BCUT2D eigenvalue weighted by Gasteiger charge is -2.15. The third kappa shape index (κ3) is 3.93. The van der Waals surface area contributed by atoms with Crippen LogP contribution < -0.4 is 4.74 Å². The minimum Gasteiger partial charge on any atom is -0.405 e. The first kappa shape index (κ1) is 13.2. The zero-order valence-corrected chi connectivity index (χ0v) is 9.53. The number of aryl methyl sites for hydroxylation is 2. The van der Waals surface area contributed by atoms with Crippen LogP contribution in [0, 0.1) is 6.92 Å². The number of hydrogen-bond acceptors (Lipinski definition) is 1. The van der Waals surface area contributed by atoms with Gasteiger partial charge in [-0.05, 0) is 30.9 Å². The van der Waals surface area contributed by atoms with E-state index in [0.29, 0.717) is 29.8 Å². The molecule has 0 saturated heterocycles. The molecule has 0 radical (unpaired) electrons. The Morgan fingerprint density at radius 1 is 1.31 bits per heavy atom. The van der Waals surface area contributed by atoms with E-state index < -0.39 is 6.36 Å². The number of ether oxygens (including phenoxy) is 1. The van der Waals surface area contributed by atoms with Gasteiger partial charge >= 0.3 is 6.36 Å². The lowest BCUT2D eigenvalue weighted by atomic mass is 10.1. The zero-order chi connectivity index (χ0) is 12.2. The van der Waals surface area contributed by atoms with Gasteiger partial charge in [0, 0.05) is 5.88 Å². The maximum absolute atomic E-state index is 12.2. The largest absolute Gasteiger partial charge is 0.573 e. The van der Waals surface area contributed by atoms with Gasteiger partial charge in [0.1, 0.15) is 5.75 Å². The molecular weight excluding hydrogens is 241 g/mol. The van der Waals surface area contributed by atoms with Crippen LogP contribution in [0.25, 0.3) is 0 Å². The summed E-state index contributed by atoms with van der Waals surface area (Å²) in [5.41, 5.74) is 1.02. The Morgan fingerprint density at radius 2 is 2.00 bits per heavy atom. The average molecular weight is 253 g/mol. The van der Waals surface area contributed by atoms with Crippen molar-refractivity contribution in [3.8, 4) is 5.75 Å². The quantitative estimate of drug-likeness (QED) is 0.734. The van der Waals surface area contributed by atoms with Gasteiger partial charge in [-0.1, -0.05) is 18.2 Å². The molecule has 1 nitrogen and oxygen atoms in total. The van der Waals surface area contributed by atoms with E-state index >= 15 is 0 Å². The Hall–Kier alpha value is -0.900. The molecule has 0 fully saturated rings. The Morgan fingerprint density at radius 3 is 2.56 bits per heavy atom. The van der Waals surface area contributed by atoms with E-state index in [-0.39, 0.29) is 5.75 Å². The molecule has 0 amide bonds. The highest BCUT2D eigenvalue weighted by Crippen LogP contribution is 2.30. The number of rotatable bonds is 4. The molecule has 1 rings (SSSR count). The molecule has 0 unspecified atom stereocenters. The van der Waals surface area contributed by atoms with Crippen LogP contribution >= 0.6 is 11.6 Å². The van der Waals surface area contributed by atoms with Crippen LogP contribution in [0.4, 0.5) is 13.2 Å². The monoisotopic (exact) mass is 252 g/mol. The fraction of sp³-hybridized carbons (Fsp3) is 0.455. The van der Waals surface area contributed by atoms with Gasteiger partial charge in [0.25, 0.3) is 0 Å². The van der Waals surface area contributed by atoms with Crippen molar-refractivity contribution in [2.75, 3.05) is 5.88 Å². The SMILES string of the molecule is Cc1cccc(CCCCl)c1OC(F)(F)F. The summed E-state index contributed by atoms with van der Waals surface area (Å²) in [5.74, 6) is 0.319. The molecule has 0 N–H and O–H groups in total. The molecule has 90 valence electrons. The summed E-state index contributed by atoms with van der Waals surface area (Å²) in [6.07, 6.45) is -3.54. The first-order valence-corrected chi connectivity index (χ1v) is 5.37. The number of halogens is 4. The lowest BCUT2D eigenvalue weighted by Crippen LogP contribution is -2.19. The van der Waals surface area contributed by atoms with Gasteiger partial charge in [-0.2, -0.15) is 0 Å². The molecular formula is C11H12ClF3O. The first-order chi connectivity index (χ1) is 7.44. The lowest BCUT2D eigenvalue weighted by molar-refractivity contribution is -0.275. The highest BCUT2D eigenvalue weighted by atomic mass is 35.5. The van der Waals surface area contributed by atoms with Gasteiger partial charge in [-0.25, -0.2) is 0 Å². The molecule has 0 atom stereocenters. The number of benzene rings is 1. The number of para-hydroxylation sites is 1. The fourth-order valence-electron chi connectivity index (χ4n) is 1.43. The van der Waals surface area contributed by atoms with Crippen molar-refractivity contribution < 1.29 is 17.9 Å². The minimum absolute atomic E-state index is 0.0971. The zero-order valence-electron chi connectivity index (χ0n) is 8.77. The van der Waals surface area contributed by atoms with Crippen LogP contribution in [-0.4, -0.2) is 12.2 Å². The van der Waals surface area contributed by atoms with Crippen molar-refractivity contribution in [3.63, 3.8) is 0 Å². The third-order valence-electron chi connectivity index (χ3n) is 2.09. The number of alkyl halides is 4. The Kier molecular flexibility index (Phi) is 4.47. The van der Waals surface area contributed by atoms with Crippen molar-refractivity contribution in [2.24, 2.45) is 0 Å². The van der Waals surface area contributed by atoms with E-state index in [4.69, 9.17) is 11.6 Å². The molecule has 0 aliphatic heterocycles. The summed E-state index contributed by atoms with van der Waals surface area (Å²) < 4.78 is 40.5. The van der Waals surface area contributed by atoms with E-state index in [1.165, 1.54) is 0 Å². The summed E-state index contributed by atoms with van der Waals surface area (Å²) in [6, 6.07) is 4.92. The molecule has 0 aromatic heterocycles. The van der Waals surface area contributed by atoms with Gasteiger partial charge in [0.05, 0.1) is 0 Å². The Labute approximate surface area is 97.2 Å². The second kappa shape index (κ2) is 5.43. The molecule has 0 bridgehead atoms. The second-order valence-electron chi connectivity index (χ2n) is 3.40. The summed E-state index contributed by atoms with van der Waals surface area (Å²) in [4.78, 5) is 0. The summed E-state index contributed by atoms with van der Waals surface area (Å²) in [6.45, 7) is 1.59. The molecule has 0 spiro atoms. The molecule has 16 heavy (non-hydrogen) atoms. The molecule has 0 saturated carbocycles. The second-order valence-corrected chi connectivity index (χ2v) is 3.78. The van der Waals surface area contributed by atoms with Gasteiger partial charge in [-0.15, -0.1) is 24.8 Å². The molecule has 1 aromatic rings. The Balaban J connectivity index is 2.94. The first-order valence-electron chi connectivity index (χ1n) is 4.84. The van der Waals surface area contributed by atoms with Crippen LogP contribution in [0.2, 0.25) is 0 Å². The van der Waals surface area contributed by atoms with E-state index in [0.717, 1.165) is 0 Å². The minimum atomic E-state index is -4.65. The number of hydrogen-bond donors (Lipinski definition) is 0. The Bertz CT molecular complexity index is 350. The maximum Gasteiger partial charge on any atom is 0.573 e. The van der Waals surface area contributed by atoms with E-state index in [2.05, 4.69) is 4.74 Å². The molecule has 1 aromatic carbocycles. The summed E-state index contributed by atoms with van der Waals surface area (Å²) >= 11 is 5.51. The van der Waals surface area contributed by atoms with E-state index in [9.17, 15) is 13.2 Å². The van der Waals surface area contributed by atoms with E-state index in [1.807, 2.05) is 0 Å². The molecule has 5 heteroatoms. The average Bonchev–Trinajstić information content (AvgIpc) is 2.17. The van der Waals surface area contributed by atoms with Crippen molar-refractivity contribution >= 4 is 11.6 Å². The molecule has 0 aliphatic carbocycles. The topological polar surface area (TPSA) is 9.23 Å². The normalized spacial score (nSPS) is 11.6. The standard InChI is InChI=1S/C11H12ClF3O/c1-8-4-2-5-9(6-3-7-12)10(8)16-11(13,14)15/h2,4-5H,3,6-7H2,1H3. The predicted octanol–water partition coefficient (Wildman–Crippen LogP) is 4.07.